The summed E-state index contributed by atoms with van der Waals surface area (Å²) in [6, 6.07) is 7.48. The first-order chi connectivity index (χ1) is 7.97. The lowest BCUT2D eigenvalue weighted by Gasteiger charge is -2.42. The molecule has 0 amide bonds. The van der Waals surface area contributed by atoms with E-state index in [1.807, 2.05) is 38.4 Å². The standard InChI is InChI=1S/C14H22ClNO/c1-5-14(6-2,16(3)4)13(17)11-8-7-9-12(15)10-11/h7-10,13,17H,5-6H2,1-4H3. The van der Waals surface area contributed by atoms with Gasteiger partial charge in [0.25, 0.3) is 0 Å². The van der Waals surface area contributed by atoms with Gasteiger partial charge in [0.1, 0.15) is 0 Å². The van der Waals surface area contributed by atoms with Crippen LogP contribution in [0.25, 0.3) is 0 Å². The Balaban J connectivity index is 3.12. The zero-order valence-corrected chi connectivity index (χ0v) is 11.8. The van der Waals surface area contributed by atoms with E-state index in [-0.39, 0.29) is 5.54 Å². The van der Waals surface area contributed by atoms with Gasteiger partial charge < -0.3 is 10.0 Å². The summed E-state index contributed by atoms with van der Waals surface area (Å²) in [6.45, 7) is 4.22. The van der Waals surface area contributed by atoms with Crippen LogP contribution in [0.1, 0.15) is 38.4 Å². The van der Waals surface area contributed by atoms with E-state index in [9.17, 15) is 5.11 Å². The van der Waals surface area contributed by atoms with E-state index in [1.54, 1.807) is 0 Å². The number of likely N-dealkylation sites (N-methyl/N-ethyl adjacent to an activating group) is 1. The fraction of sp³-hybridized carbons (Fsp3) is 0.571. The molecule has 17 heavy (non-hydrogen) atoms. The maximum Gasteiger partial charge on any atom is 0.0973 e. The molecule has 3 heteroatoms. The molecule has 0 saturated heterocycles. The fourth-order valence-electron chi connectivity index (χ4n) is 2.50. The predicted molar refractivity (Wildman–Crippen MR) is 73.4 cm³/mol. The second-order valence-corrected chi connectivity index (χ2v) is 5.10. The topological polar surface area (TPSA) is 23.5 Å². The molecule has 96 valence electrons. The van der Waals surface area contributed by atoms with Gasteiger partial charge in [0, 0.05) is 10.6 Å². The summed E-state index contributed by atoms with van der Waals surface area (Å²) >= 11 is 5.98. The van der Waals surface area contributed by atoms with E-state index in [0.717, 1.165) is 18.4 Å². The minimum atomic E-state index is -0.522. The molecular weight excluding hydrogens is 234 g/mol. The third-order valence-electron chi connectivity index (χ3n) is 3.79. The lowest BCUT2D eigenvalue weighted by atomic mass is 9.82. The molecule has 0 saturated carbocycles. The van der Waals surface area contributed by atoms with Gasteiger partial charge in [-0.05, 0) is 44.6 Å². The van der Waals surface area contributed by atoms with Crippen molar-refractivity contribution in [3.8, 4) is 0 Å². The van der Waals surface area contributed by atoms with E-state index in [4.69, 9.17) is 11.6 Å². The van der Waals surface area contributed by atoms with Crippen LogP contribution in [0, 0.1) is 0 Å². The number of halogens is 1. The highest BCUT2D eigenvalue weighted by atomic mass is 35.5. The maximum absolute atomic E-state index is 10.6. The number of hydrogen-bond donors (Lipinski definition) is 1. The number of aliphatic hydroxyl groups is 1. The van der Waals surface area contributed by atoms with E-state index in [2.05, 4.69) is 18.7 Å². The molecule has 1 unspecified atom stereocenters. The van der Waals surface area contributed by atoms with Gasteiger partial charge in [-0.15, -0.1) is 0 Å². The zero-order chi connectivity index (χ0) is 13.1. The van der Waals surface area contributed by atoms with Gasteiger partial charge in [0.05, 0.1) is 6.10 Å². The van der Waals surface area contributed by atoms with Gasteiger partial charge >= 0.3 is 0 Å². The molecule has 0 fully saturated rings. The quantitative estimate of drug-likeness (QED) is 0.871. The van der Waals surface area contributed by atoms with Gasteiger partial charge in [-0.3, -0.25) is 0 Å². The Morgan fingerprint density at radius 3 is 2.29 bits per heavy atom. The Kier molecular flexibility index (Phi) is 4.99. The monoisotopic (exact) mass is 255 g/mol. The van der Waals surface area contributed by atoms with Crippen LogP contribution in [0.3, 0.4) is 0 Å². The average Bonchev–Trinajstić information content (AvgIpc) is 2.30. The maximum atomic E-state index is 10.6. The number of nitrogens with zero attached hydrogens (tertiary/aromatic N) is 1. The van der Waals surface area contributed by atoms with Crippen LogP contribution < -0.4 is 0 Å². The van der Waals surface area contributed by atoms with E-state index < -0.39 is 6.10 Å². The van der Waals surface area contributed by atoms with Crippen molar-refractivity contribution in [3.63, 3.8) is 0 Å². The molecule has 0 aliphatic carbocycles. The third kappa shape index (κ3) is 2.82. The lowest BCUT2D eigenvalue weighted by Crippen LogP contribution is -2.48. The predicted octanol–water partition coefficient (Wildman–Crippen LogP) is 3.49. The highest BCUT2D eigenvalue weighted by Gasteiger charge is 2.37. The SMILES string of the molecule is CCC(CC)(C(O)c1cccc(Cl)c1)N(C)C. The van der Waals surface area contributed by atoms with Gasteiger partial charge in [-0.1, -0.05) is 37.6 Å². The summed E-state index contributed by atoms with van der Waals surface area (Å²) in [6.07, 6.45) is 1.26. The van der Waals surface area contributed by atoms with Gasteiger partial charge in [-0.2, -0.15) is 0 Å². The number of benzene rings is 1. The molecular formula is C14H22ClNO. The molecule has 0 bridgehead atoms. The average molecular weight is 256 g/mol. The molecule has 0 aromatic heterocycles. The molecule has 1 aromatic carbocycles. The molecule has 0 aliphatic heterocycles. The summed E-state index contributed by atoms with van der Waals surface area (Å²) in [5.74, 6) is 0. The van der Waals surface area contributed by atoms with E-state index in [0.29, 0.717) is 5.02 Å². The molecule has 1 N–H and O–H groups in total. The highest BCUT2D eigenvalue weighted by molar-refractivity contribution is 6.30. The van der Waals surface area contributed by atoms with Crippen LogP contribution >= 0.6 is 11.6 Å². The number of rotatable bonds is 5. The van der Waals surface area contributed by atoms with E-state index >= 15 is 0 Å². The Bertz CT molecular complexity index is 361. The van der Waals surface area contributed by atoms with Crippen LogP contribution in [-0.4, -0.2) is 29.6 Å². The van der Waals surface area contributed by atoms with Crippen molar-refractivity contribution in [1.82, 2.24) is 4.90 Å². The first-order valence-electron chi connectivity index (χ1n) is 6.09. The van der Waals surface area contributed by atoms with Crippen molar-refractivity contribution in [3.05, 3.63) is 34.9 Å². The fourth-order valence-corrected chi connectivity index (χ4v) is 2.70. The van der Waals surface area contributed by atoms with Crippen LogP contribution in [0.15, 0.2) is 24.3 Å². The van der Waals surface area contributed by atoms with Crippen molar-refractivity contribution in [2.24, 2.45) is 0 Å². The Morgan fingerprint density at radius 1 is 1.29 bits per heavy atom. The molecule has 0 aliphatic rings. The molecule has 1 aromatic rings. The molecule has 0 spiro atoms. The molecule has 1 rings (SSSR count). The molecule has 2 nitrogen and oxygen atoms in total. The summed E-state index contributed by atoms with van der Waals surface area (Å²) in [7, 11) is 4.03. The van der Waals surface area contributed by atoms with Crippen molar-refractivity contribution >= 4 is 11.6 Å². The Labute approximate surface area is 109 Å². The first kappa shape index (κ1) is 14.5. The Morgan fingerprint density at radius 2 is 1.88 bits per heavy atom. The minimum Gasteiger partial charge on any atom is -0.386 e. The summed E-state index contributed by atoms with van der Waals surface area (Å²) in [4.78, 5) is 2.11. The van der Waals surface area contributed by atoms with Gasteiger partial charge in [-0.25, -0.2) is 0 Å². The van der Waals surface area contributed by atoms with Crippen LogP contribution in [0.4, 0.5) is 0 Å². The third-order valence-corrected chi connectivity index (χ3v) is 4.02. The first-order valence-corrected chi connectivity index (χ1v) is 6.46. The van der Waals surface area contributed by atoms with Gasteiger partial charge in [0.15, 0.2) is 0 Å². The second-order valence-electron chi connectivity index (χ2n) is 4.66. The largest absolute Gasteiger partial charge is 0.386 e. The van der Waals surface area contributed by atoms with Gasteiger partial charge in [0.2, 0.25) is 0 Å². The molecule has 0 radical (unpaired) electrons. The minimum absolute atomic E-state index is 0.231. The number of hydrogen-bond acceptors (Lipinski definition) is 2. The van der Waals surface area contributed by atoms with Crippen LogP contribution in [0.5, 0.6) is 0 Å². The zero-order valence-electron chi connectivity index (χ0n) is 11.1. The highest BCUT2D eigenvalue weighted by Crippen LogP contribution is 2.36. The van der Waals surface area contributed by atoms with Crippen LogP contribution in [-0.2, 0) is 0 Å². The van der Waals surface area contributed by atoms with Crippen molar-refractivity contribution < 1.29 is 5.11 Å². The second kappa shape index (κ2) is 5.85. The smallest absolute Gasteiger partial charge is 0.0973 e. The normalized spacial score (nSPS) is 14.1. The van der Waals surface area contributed by atoms with E-state index in [1.165, 1.54) is 0 Å². The molecule has 0 heterocycles. The van der Waals surface area contributed by atoms with Crippen LogP contribution in [0.2, 0.25) is 5.02 Å². The number of aliphatic hydroxyl groups excluding tert-OH is 1. The van der Waals surface area contributed by atoms with Crippen molar-refractivity contribution in [2.75, 3.05) is 14.1 Å². The summed E-state index contributed by atoms with van der Waals surface area (Å²) < 4.78 is 0. The van der Waals surface area contributed by atoms with Crippen molar-refractivity contribution in [2.45, 2.75) is 38.3 Å². The summed E-state index contributed by atoms with van der Waals surface area (Å²) in [5.41, 5.74) is 0.653. The summed E-state index contributed by atoms with van der Waals surface area (Å²) in [5, 5.41) is 11.3. The lowest BCUT2D eigenvalue weighted by molar-refractivity contribution is -0.0149. The Hall–Kier alpha value is -0.570. The van der Waals surface area contributed by atoms with Crippen molar-refractivity contribution in [1.29, 1.82) is 0 Å². The molecule has 1 atom stereocenters.